The van der Waals surface area contributed by atoms with Crippen molar-refractivity contribution in [1.82, 2.24) is 4.90 Å². The van der Waals surface area contributed by atoms with Crippen LogP contribution < -0.4 is 0 Å². The van der Waals surface area contributed by atoms with E-state index >= 15 is 0 Å². The summed E-state index contributed by atoms with van der Waals surface area (Å²) in [5, 5.41) is 0. The lowest BCUT2D eigenvalue weighted by molar-refractivity contribution is -0.295. The maximum atomic E-state index is 12.4. The molecule has 0 radical (unpaired) electrons. The molecule has 0 atom stereocenters. The molecule has 0 unspecified atom stereocenters. The summed E-state index contributed by atoms with van der Waals surface area (Å²) >= 11 is 0. The summed E-state index contributed by atoms with van der Waals surface area (Å²) < 4.78 is 74.6. The quantitative estimate of drug-likeness (QED) is 0.693. The van der Waals surface area contributed by atoms with Crippen LogP contribution >= 0.6 is 0 Å². The van der Waals surface area contributed by atoms with Gasteiger partial charge >= 0.3 is 12.4 Å². The molecule has 0 fully saturated rings. The third-order valence-electron chi connectivity index (χ3n) is 2.11. The van der Waals surface area contributed by atoms with E-state index in [2.05, 4.69) is 0 Å². The van der Waals surface area contributed by atoms with Crippen LogP contribution in [0, 0.1) is 0 Å². The number of rotatable bonds is 3. The summed E-state index contributed by atoms with van der Waals surface area (Å²) in [4.78, 5) is 0.417. The minimum atomic E-state index is -5.31. The molecule has 0 aliphatic carbocycles. The van der Waals surface area contributed by atoms with Gasteiger partial charge in [-0.2, -0.15) is 26.3 Å². The summed E-state index contributed by atoms with van der Waals surface area (Å²) in [7, 11) is 0. The molecule has 0 aliphatic rings. The van der Waals surface area contributed by atoms with Crippen molar-refractivity contribution in [2.24, 2.45) is 0 Å². The highest BCUT2D eigenvalue weighted by Crippen LogP contribution is 2.38. The van der Waals surface area contributed by atoms with Gasteiger partial charge in [0.15, 0.2) is 0 Å². The van der Waals surface area contributed by atoms with Crippen LogP contribution in [0.5, 0.6) is 0 Å². The lowest BCUT2D eigenvalue weighted by Crippen LogP contribution is -2.59. The Morgan fingerprint density at radius 2 is 0.938 bits per heavy atom. The third kappa shape index (κ3) is 3.84. The Labute approximate surface area is 90.4 Å². The number of hydrogen-bond donors (Lipinski definition) is 0. The fourth-order valence-electron chi connectivity index (χ4n) is 1.72. The molecule has 0 spiro atoms. The molecule has 7 heteroatoms. The van der Waals surface area contributed by atoms with Gasteiger partial charge in [0, 0.05) is 12.1 Å². The van der Waals surface area contributed by atoms with Gasteiger partial charge in [0.1, 0.15) is 0 Å². The van der Waals surface area contributed by atoms with E-state index in [1.165, 1.54) is 27.7 Å². The van der Waals surface area contributed by atoms with Gasteiger partial charge in [0.25, 0.3) is 0 Å². The van der Waals surface area contributed by atoms with Gasteiger partial charge in [-0.15, -0.1) is 0 Å². The average Bonchev–Trinajstić information content (AvgIpc) is 1.93. The Morgan fingerprint density at radius 1 is 0.688 bits per heavy atom. The van der Waals surface area contributed by atoms with Crippen molar-refractivity contribution in [2.75, 3.05) is 0 Å². The van der Waals surface area contributed by atoms with Crippen molar-refractivity contribution in [3.63, 3.8) is 0 Å². The van der Waals surface area contributed by atoms with Gasteiger partial charge in [-0.05, 0) is 27.7 Å². The molecular formula is C9H15F6N. The van der Waals surface area contributed by atoms with Crippen LogP contribution in [0.2, 0.25) is 0 Å². The zero-order valence-electron chi connectivity index (χ0n) is 9.45. The maximum Gasteiger partial charge on any atom is 0.412 e. The van der Waals surface area contributed by atoms with Crippen molar-refractivity contribution >= 4 is 0 Å². The first kappa shape index (κ1) is 15.5. The van der Waals surface area contributed by atoms with Crippen molar-refractivity contribution in [2.45, 2.75) is 58.2 Å². The number of halogens is 6. The molecule has 0 bridgehead atoms. The monoisotopic (exact) mass is 251 g/mol. The summed E-state index contributed by atoms with van der Waals surface area (Å²) in [6, 6.07) is -5.08. The molecule has 0 N–H and O–H groups in total. The van der Waals surface area contributed by atoms with Crippen LogP contribution in [-0.4, -0.2) is 35.4 Å². The predicted octanol–water partition coefficient (Wildman–Crippen LogP) is 3.60. The number of nitrogens with zero attached hydrogens (tertiary/aromatic N) is 1. The molecule has 16 heavy (non-hydrogen) atoms. The Hall–Kier alpha value is -0.460. The van der Waals surface area contributed by atoms with Crippen LogP contribution in [0.3, 0.4) is 0 Å². The zero-order valence-corrected chi connectivity index (χ0v) is 9.45. The van der Waals surface area contributed by atoms with E-state index in [1.807, 2.05) is 0 Å². The van der Waals surface area contributed by atoms with Crippen LogP contribution in [0.4, 0.5) is 26.3 Å². The Balaban J connectivity index is 5.32. The molecule has 0 saturated heterocycles. The van der Waals surface area contributed by atoms with Crippen LogP contribution in [0.1, 0.15) is 27.7 Å². The Bertz CT molecular complexity index is 195. The van der Waals surface area contributed by atoms with Crippen molar-refractivity contribution in [1.29, 1.82) is 0 Å². The average molecular weight is 251 g/mol. The fraction of sp³-hybridized carbons (Fsp3) is 1.00. The van der Waals surface area contributed by atoms with E-state index in [1.54, 1.807) is 0 Å². The van der Waals surface area contributed by atoms with E-state index in [0.717, 1.165) is 0 Å². The Morgan fingerprint density at radius 3 is 1.00 bits per heavy atom. The Kier molecular flexibility index (Phi) is 4.67. The molecule has 0 rings (SSSR count). The van der Waals surface area contributed by atoms with Crippen LogP contribution in [-0.2, 0) is 0 Å². The van der Waals surface area contributed by atoms with Crippen molar-refractivity contribution < 1.29 is 26.3 Å². The van der Waals surface area contributed by atoms with Crippen LogP contribution in [0.15, 0.2) is 0 Å². The number of hydrogen-bond acceptors (Lipinski definition) is 1. The SMILES string of the molecule is CC(C)N(C(C)C)C(C(F)(F)F)C(F)(F)F. The third-order valence-corrected chi connectivity index (χ3v) is 2.11. The van der Waals surface area contributed by atoms with E-state index in [9.17, 15) is 26.3 Å². The molecule has 1 nitrogen and oxygen atoms in total. The second kappa shape index (κ2) is 4.81. The van der Waals surface area contributed by atoms with Crippen molar-refractivity contribution in [3.05, 3.63) is 0 Å². The molecule has 0 heterocycles. The first-order chi connectivity index (χ1) is 6.89. The minimum absolute atomic E-state index is 0.417. The van der Waals surface area contributed by atoms with Gasteiger partial charge in [0.05, 0.1) is 0 Å². The number of alkyl halides is 6. The van der Waals surface area contributed by atoms with E-state index < -0.39 is 30.5 Å². The van der Waals surface area contributed by atoms with E-state index in [0.29, 0.717) is 4.90 Å². The molecular weight excluding hydrogens is 236 g/mol. The second-order valence-corrected chi connectivity index (χ2v) is 4.12. The van der Waals surface area contributed by atoms with Crippen LogP contribution in [0.25, 0.3) is 0 Å². The largest absolute Gasteiger partial charge is 0.412 e. The molecule has 0 saturated carbocycles. The van der Waals surface area contributed by atoms with Crippen molar-refractivity contribution in [3.8, 4) is 0 Å². The summed E-state index contributed by atoms with van der Waals surface area (Å²) in [5.41, 5.74) is 0. The standard InChI is InChI=1S/C9H15F6N/c1-5(2)16(6(3)4)7(8(10,11)12)9(13,14)15/h5-7H,1-4H3. The normalized spacial score (nSPS) is 14.6. The summed E-state index contributed by atoms with van der Waals surface area (Å²) in [6.07, 6.45) is -10.6. The molecule has 98 valence electrons. The smallest absolute Gasteiger partial charge is 0.280 e. The molecule has 0 amide bonds. The van der Waals surface area contributed by atoms with Gasteiger partial charge in [-0.3, -0.25) is 4.90 Å². The predicted molar refractivity (Wildman–Crippen MR) is 48.0 cm³/mol. The fourth-order valence-corrected chi connectivity index (χ4v) is 1.72. The molecule has 0 aromatic carbocycles. The first-order valence-electron chi connectivity index (χ1n) is 4.80. The maximum absolute atomic E-state index is 12.4. The zero-order chi connectivity index (χ0) is 13.3. The van der Waals surface area contributed by atoms with Gasteiger partial charge in [0.2, 0.25) is 6.04 Å². The lowest BCUT2D eigenvalue weighted by atomic mass is 10.1. The second-order valence-electron chi connectivity index (χ2n) is 4.12. The summed E-state index contributed by atoms with van der Waals surface area (Å²) in [5.74, 6) is 0. The minimum Gasteiger partial charge on any atom is -0.280 e. The lowest BCUT2D eigenvalue weighted by Gasteiger charge is -2.39. The highest BCUT2D eigenvalue weighted by molar-refractivity contribution is 4.88. The molecule has 0 aliphatic heterocycles. The van der Waals surface area contributed by atoms with Gasteiger partial charge < -0.3 is 0 Å². The summed E-state index contributed by atoms with van der Waals surface area (Å²) in [6.45, 7) is 5.24. The van der Waals surface area contributed by atoms with Gasteiger partial charge in [-0.25, -0.2) is 0 Å². The highest BCUT2D eigenvalue weighted by atomic mass is 19.4. The first-order valence-corrected chi connectivity index (χ1v) is 4.80. The molecule has 0 aromatic rings. The highest BCUT2D eigenvalue weighted by Gasteiger charge is 2.60. The topological polar surface area (TPSA) is 3.24 Å². The molecule has 0 aromatic heterocycles. The van der Waals surface area contributed by atoms with E-state index in [-0.39, 0.29) is 0 Å². The van der Waals surface area contributed by atoms with Gasteiger partial charge in [-0.1, -0.05) is 0 Å². The van der Waals surface area contributed by atoms with E-state index in [4.69, 9.17) is 0 Å².